The number of hydrogen-bond donors (Lipinski definition) is 0. The van der Waals surface area contributed by atoms with Crippen LogP contribution in [0.4, 0.5) is 0 Å². The SMILES string of the molecule is O=CC1=C(Cl)CC2C(CCc3ccccc3)C12. The first-order chi connectivity index (χ1) is 8.31. The number of allylic oxidation sites excluding steroid dienone is 2. The molecule has 0 amide bonds. The van der Waals surface area contributed by atoms with Crippen LogP contribution in [-0.2, 0) is 11.2 Å². The second kappa shape index (κ2) is 4.30. The van der Waals surface area contributed by atoms with Crippen LogP contribution in [-0.4, -0.2) is 6.29 Å². The molecule has 3 unspecified atom stereocenters. The standard InChI is InChI=1S/C15H15ClO/c16-14-8-12-11(15(12)13(14)9-17)7-6-10-4-2-1-3-5-10/h1-5,9,11-12,15H,6-8H2. The fraction of sp³-hybridized carbons (Fsp3) is 0.400. The first kappa shape index (κ1) is 11.0. The Morgan fingerprint density at radius 1 is 1.29 bits per heavy atom. The van der Waals surface area contributed by atoms with Crippen molar-refractivity contribution < 1.29 is 4.79 Å². The zero-order chi connectivity index (χ0) is 11.8. The van der Waals surface area contributed by atoms with Gasteiger partial charge in [-0.3, -0.25) is 4.79 Å². The molecule has 3 atom stereocenters. The molecule has 0 bridgehead atoms. The minimum Gasteiger partial charge on any atom is -0.298 e. The summed E-state index contributed by atoms with van der Waals surface area (Å²) in [6.07, 6.45) is 4.19. The molecule has 17 heavy (non-hydrogen) atoms. The average molecular weight is 247 g/mol. The number of rotatable bonds is 4. The minimum absolute atomic E-state index is 0.476. The maximum absolute atomic E-state index is 10.9. The molecule has 1 fully saturated rings. The van der Waals surface area contributed by atoms with Gasteiger partial charge in [-0.25, -0.2) is 0 Å². The molecule has 0 saturated heterocycles. The molecule has 1 saturated carbocycles. The van der Waals surface area contributed by atoms with E-state index in [0.29, 0.717) is 17.8 Å². The van der Waals surface area contributed by atoms with Gasteiger partial charge in [-0.05, 0) is 42.6 Å². The molecule has 2 aliphatic rings. The fourth-order valence-electron chi connectivity index (χ4n) is 3.20. The van der Waals surface area contributed by atoms with E-state index in [9.17, 15) is 4.79 Å². The molecule has 0 aliphatic heterocycles. The van der Waals surface area contributed by atoms with E-state index in [-0.39, 0.29) is 0 Å². The Kier molecular flexibility index (Phi) is 2.79. The van der Waals surface area contributed by atoms with Gasteiger partial charge in [0.05, 0.1) is 0 Å². The van der Waals surface area contributed by atoms with Crippen LogP contribution in [0.3, 0.4) is 0 Å². The Morgan fingerprint density at radius 2 is 2.06 bits per heavy atom. The van der Waals surface area contributed by atoms with Crippen LogP contribution < -0.4 is 0 Å². The van der Waals surface area contributed by atoms with Crippen molar-refractivity contribution in [3.8, 4) is 0 Å². The van der Waals surface area contributed by atoms with Gasteiger partial charge in [-0.1, -0.05) is 41.9 Å². The maximum atomic E-state index is 10.9. The maximum Gasteiger partial charge on any atom is 0.147 e. The summed E-state index contributed by atoms with van der Waals surface area (Å²) in [5.74, 6) is 1.83. The highest BCUT2D eigenvalue weighted by molar-refractivity contribution is 6.31. The molecule has 2 heteroatoms. The van der Waals surface area contributed by atoms with E-state index in [4.69, 9.17) is 11.6 Å². The molecule has 0 spiro atoms. The fourth-order valence-corrected chi connectivity index (χ4v) is 3.55. The Hall–Kier alpha value is -1.08. The molecule has 2 aliphatic carbocycles. The summed E-state index contributed by atoms with van der Waals surface area (Å²) in [5.41, 5.74) is 2.27. The third-order valence-electron chi connectivity index (χ3n) is 4.16. The van der Waals surface area contributed by atoms with E-state index >= 15 is 0 Å². The van der Waals surface area contributed by atoms with Gasteiger partial charge in [0.2, 0.25) is 0 Å². The van der Waals surface area contributed by atoms with Crippen molar-refractivity contribution in [2.75, 3.05) is 0 Å². The first-order valence-electron chi connectivity index (χ1n) is 6.19. The lowest BCUT2D eigenvalue weighted by atomic mass is 10.0. The number of halogens is 1. The quantitative estimate of drug-likeness (QED) is 0.743. The third kappa shape index (κ3) is 1.93. The van der Waals surface area contributed by atoms with Crippen LogP contribution >= 0.6 is 11.6 Å². The zero-order valence-electron chi connectivity index (χ0n) is 9.60. The van der Waals surface area contributed by atoms with E-state index in [2.05, 4.69) is 24.3 Å². The largest absolute Gasteiger partial charge is 0.298 e. The average Bonchev–Trinajstić information content (AvgIpc) is 2.90. The minimum atomic E-state index is 0.476. The van der Waals surface area contributed by atoms with Gasteiger partial charge in [0, 0.05) is 10.6 Å². The number of carbonyl (C=O) groups is 1. The first-order valence-corrected chi connectivity index (χ1v) is 6.56. The van der Waals surface area contributed by atoms with Gasteiger partial charge < -0.3 is 0 Å². The number of aryl methyl sites for hydroxylation is 1. The molecule has 1 aromatic carbocycles. The zero-order valence-corrected chi connectivity index (χ0v) is 10.4. The Bertz CT molecular complexity index is 463. The van der Waals surface area contributed by atoms with Crippen molar-refractivity contribution in [3.05, 3.63) is 46.5 Å². The van der Waals surface area contributed by atoms with Crippen molar-refractivity contribution in [3.63, 3.8) is 0 Å². The van der Waals surface area contributed by atoms with Gasteiger partial charge >= 0.3 is 0 Å². The topological polar surface area (TPSA) is 17.1 Å². The third-order valence-corrected chi connectivity index (χ3v) is 4.53. The molecule has 0 aromatic heterocycles. The Balaban J connectivity index is 1.59. The van der Waals surface area contributed by atoms with Gasteiger partial charge in [0.1, 0.15) is 6.29 Å². The molecule has 0 N–H and O–H groups in total. The van der Waals surface area contributed by atoms with Crippen LogP contribution in [0.1, 0.15) is 18.4 Å². The van der Waals surface area contributed by atoms with Crippen molar-refractivity contribution in [2.45, 2.75) is 19.3 Å². The van der Waals surface area contributed by atoms with Gasteiger partial charge in [0.15, 0.2) is 0 Å². The van der Waals surface area contributed by atoms with E-state index in [1.807, 2.05) is 6.07 Å². The molecular weight excluding hydrogens is 232 g/mol. The highest BCUT2D eigenvalue weighted by Crippen LogP contribution is 2.61. The van der Waals surface area contributed by atoms with Crippen molar-refractivity contribution in [1.82, 2.24) is 0 Å². The van der Waals surface area contributed by atoms with Crippen LogP contribution in [0.5, 0.6) is 0 Å². The number of hydrogen-bond acceptors (Lipinski definition) is 1. The lowest BCUT2D eigenvalue weighted by Gasteiger charge is -2.04. The molecule has 3 rings (SSSR count). The summed E-state index contributed by atoms with van der Waals surface area (Å²) >= 11 is 6.03. The Labute approximate surface area is 106 Å². The summed E-state index contributed by atoms with van der Waals surface area (Å²) in [4.78, 5) is 10.9. The van der Waals surface area contributed by atoms with Crippen LogP contribution in [0.2, 0.25) is 0 Å². The molecule has 88 valence electrons. The van der Waals surface area contributed by atoms with Crippen molar-refractivity contribution >= 4 is 17.9 Å². The Morgan fingerprint density at radius 3 is 2.76 bits per heavy atom. The smallest absolute Gasteiger partial charge is 0.147 e. The summed E-state index contributed by atoms with van der Waals surface area (Å²) < 4.78 is 0. The van der Waals surface area contributed by atoms with Crippen LogP contribution in [0.25, 0.3) is 0 Å². The van der Waals surface area contributed by atoms with E-state index in [0.717, 1.165) is 29.7 Å². The van der Waals surface area contributed by atoms with Crippen LogP contribution in [0, 0.1) is 17.8 Å². The number of benzene rings is 1. The number of aldehydes is 1. The lowest BCUT2D eigenvalue weighted by Crippen LogP contribution is -1.95. The monoisotopic (exact) mass is 246 g/mol. The predicted molar refractivity (Wildman–Crippen MR) is 68.8 cm³/mol. The highest BCUT2D eigenvalue weighted by atomic mass is 35.5. The second-order valence-corrected chi connectivity index (χ2v) is 5.52. The molecule has 0 radical (unpaired) electrons. The number of fused-ring (bicyclic) bond motifs is 1. The normalized spacial score (nSPS) is 30.3. The summed E-state index contributed by atoms with van der Waals surface area (Å²) in [6.45, 7) is 0. The van der Waals surface area contributed by atoms with E-state index in [1.165, 1.54) is 12.0 Å². The second-order valence-electron chi connectivity index (χ2n) is 5.06. The summed E-state index contributed by atoms with van der Waals surface area (Å²) in [5, 5.41) is 0.811. The summed E-state index contributed by atoms with van der Waals surface area (Å²) in [7, 11) is 0. The predicted octanol–water partition coefficient (Wildman–Crippen LogP) is 3.58. The summed E-state index contributed by atoms with van der Waals surface area (Å²) in [6, 6.07) is 10.5. The molecule has 1 aromatic rings. The molecule has 0 heterocycles. The van der Waals surface area contributed by atoms with Crippen molar-refractivity contribution in [1.29, 1.82) is 0 Å². The van der Waals surface area contributed by atoms with E-state index < -0.39 is 0 Å². The number of carbonyl (C=O) groups excluding carboxylic acids is 1. The van der Waals surface area contributed by atoms with Crippen molar-refractivity contribution in [2.24, 2.45) is 17.8 Å². The molecular formula is C15H15ClO. The van der Waals surface area contributed by atoms with Crippen LogP contribution in [0.15, 0.2) is 40.9 Å². The van der Waals surface area contributed by atoms with Gasteiger partial charge in [-0.15, -0.1) is 0 Å². The van der Waals surface area contributed by atoms with Gasteiger partial charge in [0.25, 0.3) is 0 Å². The highest BCUT2D eigenvalue weighted by Gasteiger charge is 2.55. The lowest BCUT2D eigenvalue weighted by molar-refractivity contribution is -0.105. The van der Waals surface area contributed by atoms with E-state index in [1.54, 1.807) is 0 Å². The molecule has 1 nitrogen and oxygen atoms in total. The van der Waals surface area contributed by atoms with Gasteiger partial charge in [-0.2, -0.15) is 0 Å².